The Hall–Kier alpha value is -3.00. The lowest BCUT2D eigenvalue weighted by molar-refractivity contribution is 0.534. The first-order valence-corrected chi connectivity index (χ1v) is 9.23. The van der Waals surface area contributed by atoms with E-state index in [2.05, 4.69) is 20.2 Å². The number of hydrogen-bond acceptors (Lipinski definition) is 7. The van der Waals surface area contributed by atoms with Crippen LogP contribution < -0.4 is 0 Å². The second-order valence-corrected chi connectivity index (χ2v) is 7.12. The summed E-state index contributed by atoms with van der Waals surface area (Å²) in [6.45, 7) is 5.91. The number of rotatable bonds is 4. The summed E-state index contributed by atoms with van der Waals surface area (Å²) in [4.78, 5) is 13.5. The first-order valence-electron chi connectivity index (χ1n) is 8.42. The Bertz CT molecular complexity index is 1100. The first-order chi connectivity index (χ1) is 13.0. The maximum atomic E-state index is 5.39. The van der Waals surface area contributed by atoms with Crippen LogP contribution in [0.4, 0.5) is 0 Å². The number of aryl methyl sites for hydroxylation is 2. The zero-order chi connectivity index (χ0) is 19.0. The second kappa shape index (κ2) is 6.96. The predicted octanol–water partition coefficient (Wildman–Crippen LogP) is 4.00. The molecule has 0 aliphatic rings. The lowest BCUT2D eigenvalue weighted by Gasteiger charge is -2.10. The van der Waals surface area contributed by atoms with E-state index in [1.165, 1.54) is 11.8 Å². The lowest BCUT2D eigenvalue weighted by atomic mass is 10.2. The highest BCUT2D eigenvalue weighted by atomic mass is 32.2. The molecule has 0 N–H and O–H groups in total. The predicted molar refractivity (Wildman–Crippen MR) is 102 cm³/mol. The third-order valence-corrected chi connectivity index (χ3v) is 5.52. The molecule has 0 aromatic carbocycles. The highest BCUT2D eigenvalue weighted by Gasteiger charge is 2.18. The van der Waals surface area contributed by atoms with Gasteiger partial charge in [-0.25, -0.2) is 9.97 Å². The van der Waals surface area contributed by atoms with Crippen molar-refractivity contribution in [3.05, 3.63) is 53.9 Å². The van der Waals surface area contributed by atoms with E-state index in [0.29, 0.717) is 5.82 Å². The van der Waals surface area contributed by atoms with E-state index < -0.39 is 0 Å². The van der Waals surface area contributed by atoms with Gasteiger partial charge in [-0.05, 0) is 50.7 Å². The van der Waals surface area contributed by atoms with Crippen molar-refractivity contribution in [3.63, 3.8) is 0 Å². The van der Waals surface area contributed by atoms with Crippen molar-refractivity contribution < 1.29 is 4.42 Å². The van der Waals surface area contributed by atoms with Crippen LogP contribution in [0.15, 0.2) is 51.5 Å². The SMILES string of the molecule is Cc1nc(-c2cccnc2)nc(Sc2nnc(-c3ccoc3C)n2C)c1C. The zero-order valence-electron chi connectivity index (χ0n) is 15.5. The standard InChI is InChI=1S/C19H18N6OS/c1-11-12(2)21-16(14-6-5-8-20-10-14)22-18(11)27-19-24-23-17(25(19)4)15-7-9-26-13(15)3/h5-10H,1-4H3. The van der Waals surface area contributed by atoms with Crippen LogP contribution in [0.25, 0.3) is 22.8 Å². The third kappa shape index (κ3) is 3.23. The number of furan rings is 1. The molecule has 4 heterocycles. The topological polar surface area (TPSA) is 82.5 Å². The molecule has 4 aromatic heterocycles. The molecule has 0 atom stereocenters. The van der Waals surface area contributed by atoms with Crippen LogP contribution in [-0.2, 0) is 7.05 Å². The Morgan fingerprint density at radius 2 is 1.93 bits per heavy atom. The van der Waals surface area contributed by atoms with Gasteiger partial charge in [0.15, 0.2) is 16.8 Å². The average Bonchev–Trinajstić information content (AvgIpc) is 3.25. The molecule has 0 aliphatic heterocycles. The average molecular weight is 378 g/mol. The van der Waals surface area contributed by atoms with Crippen molar-refractivity contribution in [1.82, 2.24) is 29.7 Å². The normalized spacial score (nSPS) is 11.1. The molecule has 0 aliphatic carbocycles. The van der Waals surface area contributed by atoms with Crippen LogP contribution in [0.5, 0.6) is 0 Å². The maximum Gasteiger partial charge on any atom is 0.197 e. The van der Waals surface area contributed by atoms with Crippen LogP contribution in [0.1, 0.15) is 17.0 Å². The fourth-order valence-corrected chi connectivity index (χ4v) is 3.58. The van der Waals surface area contributed by atoms with E-state index in [4.69, 9.17) is 9.40 Å². The summed E-state index contributed by atoms with van der Waals surface area (Å²) in [5, 5.41) is 10.3. The van der Waals surface area contributed by atoms with Crippen LogP contribution in [0, 0.1) is 20.8 Å². The van der Waals surface area contributed by atoms with Gasteiger partial charge in [-0.3, -0.25) is 4.98 Å². The van der Waals surface area contributed by atoms with Crippen molar-refractivity contribution in [2.75, 3.05) is 0 Å². The lowest BCUT2D eigenvalue weighted by Crippen LogP contribution is -2.00. The van der Waals surface area contributed by atoms with Gasteiger partial charge in [0.2, 0.25) is 0 Å². The highest BCUT2D eigenvalue weighted by Crippen LogP contribution is 2.32. The Balaban J connectivity index is 1.72. The molecule has 0 saturated heterocycles. The fourth-order valence-electron chi connectivity index (χ4n) is 2.67. The van der Waals surface area contributed by atoms with Gasteiger partial charge < -0.3 is 8.98 Å². The summed E-state index contributed by atoms with van der Waals surface area (Å²) >= 11 is 1.48. The van der Waals surface area contributed by atoms with Gasteiger partial charge >= 0.3 is 0 Å². The minimum absolute atomic E-state index is 0.654. The molecule has 0 spiro atoms. The van der Waals surface area contributed by atoms with E-state index in [-0.39, 0.29) is 0 Å². The maximum absolute atomic E-state index is 5.39. The Labute approximate surface area is 160 Å². The summed E-state index contributed by atoms with van der Waals surface area (Å²) in [5.41, 5.74) is 3.77. The summed E-state index contributed by atoms with van der Waals surface area (Å²) < 4.78 is 7.33. The molecule has 8 heteroatoms. The Kier molecular flexibility index (Phi) is 4.49. The Morgan fingerprint density at radius 3 is 2.63 bits per heavy atom. The zero-order valence-corrected chi connectivity index (χ0v) is 16.3. The Morgan fingerprint density at radius 1 is 1.07 bits per heavy atom. The molecule has 27 heavy (non-hydrogen) atoms. The number of pyridine rings is 1. The first kappa shape index (κ1) is 17.4. The largest absolute Gasteiger partial charge is 0.469 e. The van der Waals surface area contributed by atoms with E-state index in [1.54, 1.807) is 18.7 Å². The molecule has 0 radical (unpaired) electrons. The van der Waals surface area contributed by atoms with Gasteiger partial charge in [-0.2, -0.15) is 0 Å². The minimum atomic E-state index is 0.654. The summed E-state index contributed by atoms with van der Waals surface area (Å²) in [6.07, 6.45) is 5.16. The van der Waals surface area contributed by atoms with Gasteiger partial charge in [0.1, 0.15) is 10.8 Å². The smallest absolute Gasteiger partial charge is 0.197 e. The van der Waals surface area contributed by atoms with Crippen LogP contribution in [-0.4, -0.2) is 29.7 Å². The molecule has 4 aromatic rings. The van der Waals surface area contributed by atoms with Crippen molar-refractivity contribution >= 4 is 11.8 Å². The van der Waals surface area contributed by atoms with E-state index in [0.717, 1.165) is 44.2 Å². The molecule has 4 rings (SSSR count). The number of nitrogens with zero attached hydrogens (tertiary/aromatic N) is 6. The molecular formula is C19H18N6OS. The third-order valence-electron chi connectivity index (χ3n) is 4.39. The van der Waals surface area contributed by atoms with E-state index >= 15 is 0 Å². The molecule has 7 nitrogen and oxygen atoms in total. The minimum Gasteiger partial charge on any atom is -0.469 e. The highest BCUT2D eigenvalue weighted by molar-refractivity contribution is 7.99. The van der Waals surface area contributed by atoms with Crippen molar-refractivity contribution in [2.45, 2.75) is 31.0 Å². The molecule has 0 amide bonds. The van der Waals surface area contributed by atoms with Crippen LogP contribution in [0.2, 0.25) is 0 Å². The van der Waals surface area contributed by atoms with Crippen LogP contribution >= 0.6 is 11.8 Å². The molecular weight excluding hydrogens is 360 g/mol. The molecule has 0 saturated carbocycles. The molecule has 0 bridgehead atoms. The van der Waals surface area contributed by atoms with E-state index in [9.17, 15) is 0 Å². The van der Waals surface area contributed by atoms with Crippen LogP contribution in [0.3, 0.4) is 0 Å². The number of hydrogen-bond donors (Lipinski definition) is 0. The van der Waals surface area contributed by atoms with Gasteiger partial charge in [-0.15, -0.1) is 10.2 Å². The summed E-state index contributed by atoms with van der Waals surface area (Å²) in [7, 11) is 1.94. The molecule has 136 valence electrons. The monoisotopic (exact) mass is 378 g/mol. The van der Waals surface area contributed by atoms with Gasteiger partial charge in [0.25, 0.3) is 0 Å². The van der Waals surface area contributed by atoms with Gasteiger partial charge in [-0.1, -0.05) is 0 Å². The fraction of sp³-hybridized carbons (Fsp3) is 0.211. The number of aromatic nitrogens is 6. The van der Waals surface area contributed by atoms with Gasteiger partial charge in [0.05, 0.1) is 11.8 Å². The molecule has 0 unspecified atom stereocenters. The van der Waals surface area contributed by atoms with Gasteiger partial charge in [0, 0.05) is 36.3 Å². The summed E-state index contributed by atoms with van der Waals surface area (Å²) in [6, 6.07) is 5.73. The quantitative estimate of drug-likeness (QED) is 0.496. The molecule has 0 fully saturated rings. The summed E-state index contributed by atoms with van der Waals surface area (Å²) in [5.74, 6) is 2.23. The second-order valence-electron chi connectivity index (χ2n) is 6.16. The van der Waals surface area contributed by atoms with Crippen molar-refractivity contribution in [3.8, 4) is 22.8 Å². The van der Waals surface area contributed by atoms with Crippen molar-refractivity contribution in [2.24, 2.45) is 7.05 Å². The van der Waals surface area contributed by atoms with E-state index in [1.807, 2.05) is 50.6 Å². The van der Waals surface area contributed by atoms with Crippen molar-refractivity contribution in [1.29, 1.82) is 0 Å².